The SMILES string of the molecule is [N-]=[N+]=Nc1c(N=Nc2ccccc2)cccc1-c1ccccc1O. The Morgan fingerprint density at radius 3 is 2.21 bits per heavy atom. The highest BCUT2D eigenvalue weighted by Crippen LogP contribution is 2.42. The van der Waals surface area contributed by atoms with E-state index in [1.807, 2.05) is 30.3 Å². The zero-order valence-corrected chi connectivity index (χ0v) is 12.6. The fourth-order valence-electron chi connectivity index (χ4n) is 2.29. The Hall–Kier alpha value is -3.63. The van der Waals surface area contributed by atoms with Gasteiger partial charge in [0.05, 0.1) is 17.1 Å². The summed E-state index contributed by atoms with van der Waals surface area (Å²) in [5, 5.41) is 22.2. The molecule has 116 valence electrons. The average Bonchev–Trinajstić information content (AvgIpc) is 2.62. The van der Waals surface area contributed by atoms with E-state index in [4.69, 9.17) is 5.53 Å². The summed E-state index contributed by atoms with van der Waals surface area (Å²) in [6, 6.07) is 21.4. The van der Waals surface area contributed by atoms with Gasteiger partial charge in [0.25, 0.3) is 0 Å². The third kappa shape index (κ3) is 3.24. The number of rotatable bonds is 4. The van der Waals surface area contributed by atoms with Crippen LogP contribution in [0.3, 0.4) is 0 Å². The molecule has 0 heterocycles. The third-order valence-electron chi connectivity index (χ3n) is 3.38. The molecule has 0 saturated carbocycles. The second-order valence-electron chi connectivity index (χ2n) is 4.92. The third-order valence-corrected chi connectivity index (χ3v) is 3.38. The summed E-state index contributed by atoms with van der Waals surface area (Å²) in [6.45, 7) is 0. The van der Waals surface area contributed by atoms with Crippen LogP contribution in [0.1, 0.15) is 0 Å². The van der Waals surface area contributed by atoms with Crippen molar-refractivity contribution in [1.29, 1.82) is 0 Å². The van der Waals surface area contributed by atoms with Gasteiger partial charge in [-0.3, -0.25) is 0 Å². The number of azide groups is 1. The smallest absolute Gasteiger partial charge is 0.123 e. The van der Waals surface area contributed by atoms with Crippen molar-refractivity contribution in [2.45, 2.75) is 0 Å². The molecule has 0 unspecified atom stereocenters. The summed E-state index contributed by atoms with van der Waals surface area (Å²) in [4.78, 5) is 2.88. The zero-order chi connectivity index (χ0) is 16.8. The number of nitrogens with zero attached hydrogens (tertiary/aromatic N) is 5. The van der Waals surface area contributed by atoms with Crippen LogP contribution in [0.4, 0.5) is 17.1 Å². The first kappa shape index (κ1) is 15.3. The average molecular weight is 315 g/mol. The van der Waals surface area contributed by atoms with Crippen molar-refractivity contribution >= 4 is 17.1 Å². The molecule has 3 aromatic carbocycles. The van der Waals surface area contributed by atoms with E-state index < -0.39 is 0 Å². The van der Waals surface area contributed by atoms with Gasteiger partial charge in [0.15, 0.2) is 0 Å². The lowest BCUT2D eigenvalue weighted by Gasteiger charge is -2.09. The van der Waals surface area contributed by atoms with Crippen LogP contribution >= 0.6 is 0 Å². The van der Waals surface area contributed by atoms with Crippen LogP contribution < -0.4 is 0 Å². The molecule has 0 saturated heterocycles. The molecule has 0 aliphatic carbocycles. The highest BCUT2D eigenvalue weighted by Gasteiger charge is 2.11. The van der Waals surface area contributed by atoms with Crippen LogP contribution in [-0.4, -0.2) is 5.11 Å². The van der Waals surface area contributed by atoms with E-state index in [1.54, 1.807) is 42.5 Å². The Kier molecular flexibility index (Phi) is 4.51. The van der Waals surface area contributed by atoms with Crippen molar-refractivity contribution in [3.63, 3.8) is 0 Å². The molecule has 1 N–H and O–H groups in total. The first-order chi connectivity index (χ1) is 11.8. The summed E-state index contributed by atoms with van der Waals surface area (Å²) in [5.41, 5.74) is 11.5. The van der Waals surface area contributed by atoms with Gasteiger partial charge >= 0.3 is 0 Å². The van der Waals surface area contributed by atoms with E-state index >= 15 is 0 Å². The van der Waals surface area contributed by atoms with Crippen LogP contribution in [0.5, 0.6) is 5.75 Å². The van der Waals surface area contributed by atoms with E-state index in [0.717, 1.165) is 0 Å². The van der Waals surface area contributed by atoms with E-state index in [-0.39, 0.29) is 5.75 Å². The summed E-state index contributed by atoms with van der Waals surface area (Å²) in [7, 11) is 0. The van der Waals surface area contributed by atoms with E-state index in [1.165, 1.54) is 0 Å². The molecule has 0 radical (unpaired) electrons. The summed E-state index contributed by atoms with van der Waals surface area (Å²) >= 11 is 0. The van der Waals surface area contributed by atoms with E-state index in [9.17, 15) is 5.11 Å². The second-order valence-corrected chi connectivity index (χ2v) is 4.92. The first-order valence-corrected chi connectivity index (χ1v) is 7.23. The topological polar surface area (TPSA) is 93.7 Å². The molecule has 0 amide bonds. The van der Waals surface area contributed by atoms with Crippen molar-refractivity contribution in [2.24, 2.45) is 15.3 Å². The molecule has 0 spiro atoms. The minimum Gasteiger partial charge on any atom is -0.507 e. The Morgan fingerprint density at radius 2 is 1.46 bits per heavy atom. The van der Waals surface area contributed by atoms with Gasteiger partial charge in [-0.05, 0) is 35.4 Å². The zero-order valence-electron chi connectivity index (χ0n) is 12.6. The van der Waals surface area contributed by atoms with Gasteiger partial charge in [-0.2, -0.15) is 10.2 Å². The Morgan fingerprint density at radius 1 is 0.750 bits per heavy atom. The van der Waals surface area contributed by atoms with Gasteiger partial charge in [-0.25, -0.2) is 0 Å². The Labute approximate surface area is 138 Å². The lowest BCUT2D eigenvalue weighted by Crippen LogP contribution is -1.80. The molecule has 0 aliphatic rings. The standard InChI is InChI=1S/C18H13N5O/c19-23-22-18-15(14-9-4-5-12-17(14)24)10-6-11-16(18)21-20-13-7-2-1-3-8-13/h1-12,24H. The number of phenolic OH excluding ortho intramolecular Hbond substituents is 1. The fourth-order valence-corrected chi connectivity index (χ4v) is 2.29. The number of hydrogen-bond donors (Lipinski definition) is 1. The number of phenols is 1. The quantitative estimate of drug-likeness (QED) is 0.336. The summed E-state index contributed by atoms with van der Waals surface area (Å²) < 4.78 is 0. The van der Waals surface area contributed by atoms with Gasteiger partial charge in [0.2, 0.25) is 0 Å². The summed E-state index contributed by atoms with van der Waals surface area (Å²) in [5.74, 6) is 0.101. The predicted molar refractivity (Wildman–Crippen MR) is 93.0 cm³/mol. The van der Waals surface area contributed by atoms with Crippen molar-refractivity contribution in [2.75, 3.05) is 0 Å². The molecule has 6 heteroatoms. The lowest BCUT2D eigenvalue weighted by molar-refractivity contribution is 0.477. The number of aromatic hydroxyl groups is 1. The number of hydrogen-bond acceptors (Lipinski definition) is 4. The van der Waals surface area contributed by atoms with E-state index in [2.05, 4.69) is 20.3 Å². The van der Waals surface area contributed by atoms with Gasteiger partial charge in [-0.1, -0.05) is 53.6 Å². The molecule has 0 aliphatic heterocycles. The minimum atomic E-state index is 0.101. The van der Waals surface area contributed by atoms with Crippen molar-refractivity contribution in [3.8, 4) is 16.9 Å². The van der Waals surface area contributed by atoms with Gasteiger partial charge in [0, 0.05) is 10.5 Å². The van der Waals surface area contributed by atoms with Crippen LogP contribution in [0.25, 0.3) is 21.6 Å². The minimum absolute atomic E-state index is 0.101. The fraction of sp³-hybridized carbons (Fsp3) is 0. The van der Waals surface area contributed by atoms with Crippen LogP contribution in [0.2, 0.25) is 0 Å². The van der Waals surface area contributed by atoms with Gasteiger partial charge in [0.1, 0.15) is 5.75 Å². The highest BCUT2D eigenvalue weighted by atomic mass is 16.3. The lowest BCUT2D eigenvalue weighted by atomic mass is 10.0. The predicted octanol–water partition coefficient (Wildman–Crippen LogP) is 6.42. The van der Waals surface area contributed by atoms with Crippen LogP contribution in [-0.2, 0) is 0 Å². The maximum atomic E-state index is 10.1. The number of azo groups is 1. The first-order valence-electron chi connectivity index (χ1n) is 7.23. The molecule has 0 fully saturated rings. The maximum Gasteiger partial charge on any atom is 0.123 e. The molecular weight excluding hydrogens is 302 g/mol. The molecular formula is C18H13N5O. The monoisotopic (exact) mass is 315 g/mol. The molecule has 0 aromatic heterocycles. The Bertz CT molecular complexity index is 931. The van der Waals surface area contributed by atoms with Crippen molar-refractivity contribution in [3.05, 3.63) is 83.2 Å². The molecule has 24 heavy (non-hydrogen) atoms. The molecule has 3 aromatic rings. The van der Waals surface area contributed by atoms with Crippen LogP contribution in [0.15, 0.2) is 88.1 Å². The van der Waals surface area contributed by atoms with Gasteiger partial charge in [-0.15, -0.1) is 0 Å². The van der Waals surface area contributed by atoms with Crippen molar-refractivity contribution < 1.29 is 5.11 Å². The van der Waals surface area contributed by atoms with Crippen molar-refractivity contribution in [1.82, 2.24) is 0 Å². The van der Waals surface area contributed by atoms with E-state index in [0.29, 0.717) is 28.2 Å². The number of benzene rings is 3. The Balaban J connectivity index is 2.11. The van der Waals surface area contributed by atoms with Gasteiger partial charge < -0.3 is 5.11 Å². The molecule has 3 rings (SSSR count). The summed E-state index contributed by atoms with van der Waals surface area (Å²) in [6.07, 6.45) is 0. The number of para-hydroxylation sites is 1. The van der Waals surface area contributed by atoms with Crippen LogP contribution in [0, 0.1) is 0 Å². The molecule has 0 atom stereocenters. The highest BCUT2D eigenvalue weighted by molar-refractivity contribution is 5.86. The second kappa shape index (κ2) is 7.09. The maximum absolute atomic E-state index is 10.1. The molecule has 0 bridgehead atoms. The normalized spacial score (nSPS) is 10.5. The molecule has 6 nitrogen and oxygen atoms in total. The largest absolute Gasteiger partial charge is 0.507 e.